The Morgan fingerprint density at radius 1 is 1.04 bits per heavy atom. The Morgan fingerprint density at radius 3 is 2.25 bits per heavy atom. The fourth-order valence-corrected chi connectivity index (χ4v) is 3.47. The zero-order chi connectivity index (χ0) is 19.8. The first-order valence-corrected chi connectivity index (χ1v) is 8.96. The summed E-state index contributed by atoms with van der Waals surface area (Å²) in [4.78, 5) is 51.5. The number of nitro groups is 1. The SMILES string of the molecule is O=C1CC(N(C(=O)c2ccc([N+](=O)[O-])cc2)C2CC2)C(=O)N1c1ccccc1. The minimum atomic E-state index is -0.858. The third kappa shape index (κ3) is 3.13. The molecule has 1 saturated carbocycles. The van der Waals surface area contributed by atoms with Crippen LogP contribution < -0.4 is 4.90 Å². The summed E-state index contributed by atoms with van der Waals surface area (Å²) in [6.45, 7) is 0. The van der Waals surface area contributed by atoms with Gasteiger partial charge < -0.3 is 4.90 Å². The van der Waals surface area contributed by atoms with E-state index in [0.29, 0.717) is 5.69 Å². The quantitative estimate of drug-likeness (QED) is 0.451. The number of benzene rings is 2. The summed E-state index contributed by atoms with van der Waals surface area (Å²) < 4.78 is 0. The zero-order valence-electron chi connectivity index (χ0n) is 14.9. The number of carbonyl (C=O) groups excluding carboxylic acids is 3. The molecule has 1 aliphatic heterocycles. The number of nitro benzene ring substituents is 1. The van der Waals surface area contributed by atoms with Gasteiger partial charge in [0.15, 0.2) is 0 Å². The van der Waals surface area contributed by atoms with E-state index in [4.69, 9.17) is 0 Å². The molecule has 0 spiro atoms. The van der Waals surface area contributed by atoms with Gasteiger partial charge in [0.05, 0.1) is 17.0 Å². The van der Waals surface area contributed by atoms with Gasteiger partial charge in [-0.15, -0.1) is 0 Å². The van der Waals surface area contributed by atoms with Crippen LogP contribution in [0.2, 0.25) is 0 Å². The summed E-state index contributed by atoms with van der Waals surface area (Å²) in [5, 5.41) is 10.8. The lowest BCUT2D eigenvalue weighted by molar-refractivity contribution is -0.384. The third-order valence-corrected chi connectivity index (χ3v) is 4.97. The van der Waals surface area contributed by atoms with E-state index in [9.17, 15) is 24.5 Å². The second-order valence-electron chi connectivity index (χ2n) is 6.87. The maximum absolute atomic E-state index is 13.1. The number of carbonyl (C=O) groups is 3. The zero-order valence-corrected chi connectivity index (χ0v) is 14.9. The molecular formula is C20H17N3O5. The normalized spacial score (nSPS) is 19.0. The molecule has 1 heterocycles. The smallest absolute Gasteiger partial charge is 0.269 e. The predicted molar refractivity (Wildman–Crippen MR) is 99.6 cm³/mol. The first kappa shape index (κ1) is 17.8. The molecule has 1 saturated heterocycles. The number of hydrogen-bond acceptors (Lipinski definition) is 5. The molecular weight excluding hydrogens is 362 g/mol. The average Bonchev–Trinajstić information content (AvgIpc) is 3.48. The third-order valence-electron chi connectivity index (χ3n) is 4.97. The standard InChI is InChI=1S/C20H17N3O5/c24-18-12-17(20(26)22(18)14-4-2-1-3-5-14)21(15-10-11-15)19(25)13-6-8-16(9-7-13)23(27)28/h1-9,15,17H,10-12H2. The fraction of sp³-hybridized carbons (Fsp3) is 0.250. The van der Waals surface area contributed by atoms with Gasteiger partial charge in [0.1, 0.15) is 6.04 Å². The highest BCUT2D eigenvalue weighted by Crippen LogP contribution is 2.35. The molecule has 8 heteroatoms. The molecule has 4 rings (SSSR count). The first-order chi connectivity index (χ1) is 13.5. The molecule has 3 amide bonds. The van der Waals surface area contributed by atoms with Gasteiger partial charge in [-0.25, -0.2) is 4.90 Å². The van der Waals surface area contributed by atoms with Crippen molar-refractivity contribution in [3.8, 4) is 0 Å². The number of amides is 3. The van der Waals surface area contributed by atoms with Gasteiger partial charge in [0, 0.05) is 23.7 Å². The van der Waals surface area contributed by atoms with Gasteiger partial charge in [-0.05, 0) is 37.1 Å². The second-order valence-corrected chi connectivity index (χ2v) is 6.87. The molecule has 8 nitrogen and oxygen atoms in total. The van der Waals surface area contributed by atoms with Gasteiger partial charge >= 0.3 is 0 Å². The van der Waals surface area contributed by atoms with Crippen LogP contribution >= 0.6 is 0 Å². The van der Waals surface area contributed by atoms with Crippen molar-refractivity contribution < 1.29 is 19.3 Å². The Bertz CT molecular complexity index is 954. The van der Waals surface area contributed by atoms with Crippen LogP contribution in [0.25, 0.3) is 0 Å². The Labute approximate surface area is 160 Å². The minimum Gasteiger partial charge on any atom is -0.323 e. The lowest BCUT2D eigenvalue weighted by Crippen LogP contribution is -2.46. The van der Waals surface area contributed by atoms with E-state index < -0.39 is 22.8 Å². The van der Waals surface area contributed by atoms with E-state index in [1.54, 1.807) is 30.3 Å². The number of imide groups is 1. The number of nitrogens with zero attached hydrogens (tertiary/aromatic N) is 3. The van der Waals surface area contributed by atoms with Crippen molar-refractivity contribution in [2.75, 3.05) is 4.90 Å². The van der Waals surface area contributed by atoms with Crippen molar-refractivity contribution >= 4 is 29.1 Å². The molecule has 0 N–H and O–H groups in total. The Hall–Kier alpha value is -3.55. The van der Waals surface area contributed by atoms with Crippen LogP contribution in [0.15, 0.2) is 54.6 Å². The molecule has 2 aliphatic rings. The van der Waals surface area contributed by atoms with Crippen molar-refractivity contribution in [1.29, 1.82) is 0 Å². The van der Waals surface area contributed by atoms with Crippen LogP contribution in [0, 0.1) is 10.1 Å². The van der Waals surface area contributed by atoms with E-state index in [-0.39, 0.29) is 29.6 Å². The highest BCUT2D eigenvalue weighted by Gasteiger charge is 2.48. The Kier molecular flexibility index (Phi) is 4.38. The average molecular weight is 379 g/mol. The molecule has 1 atom stereocenters. The summed E-state index contributed by atoms with van der Waals surface area (Å²) in [6.07, 6.45) is 1.47. The molecule has 0 radical (unpaired) electrons. The van der Waals surface area contributed by atoms with E-state index in [0.717, 1.165) is 17.7 Å². The van der Waals surface area contributed by atoms with E-state index in [1.807, 2.05) is 0 Å². The molecule has 2 aromatic rings. The van der Waals surface area contributed by atoms with Gasteiger partial charge in [0.25, 0.3) is 17.5 Å². The fourth-order valence-electron chi connectivity index (χ4n) is 3.47. The number of non-ortho nitro benzene ring substituents is 1. The molecule has 1 unspecified atom stereocenters. The highest BCUT2D eigenvalue weighted by atomic mass is 16.6. The minimum absolute atomic E-state index is 0.0665. The Morgan fingerprint density at radius 2 is 1.68 bits per heavy atom. The van der Waals surface area contributed by atoms with E-state index >= 15 is 0 Å². The van der Waals surface area contributed by atoms with Gasteiger partial charge in [-0.3, -0.25) is 24.5 Å². The van der Waals surface area contributed by atoms with Crippen molar-refractivity contribution in [3.63, 3.8) is 0 Å². The maximum atomic E-state index is 13.1. The summed E-state index contributed by atoms with van der Waals surface area (Å²) in [6, 6.07) is 13.0. The highest BCUT2D eigenvalue weighted by molar-refractivity contribution is 6.23. The number of anilines is 1. The van der Waals surface area contributed by atoms with Crippen LogP contribution in [0.3, 0.4) is 0 Å². The van der Waals surface area contributed by atoms with Gasteiger partial charge in [0.2, 0.25) is 5.91 Å². The molecule has 2 fully saturated rings. The van der Waals surface area contributed by atoms with Crippen LogP contribution in [0.4, 0.5) is 11.4 Å². The summed E-state index contributed by atoms with van der Waals surface area (Å²) in [5.41, 5.74) is 0.631. The van der Waals surface area contributed by atoms with Crippen molar-refractivity contribution in [2.24, 2.45) is 0 Å². The Balaban J connectivity index is 1.62. The van der Waals surface area contributed by atoms with Crippen molar-refractivity contribution in [1.82, 2.24) is 4.90 Å². The lowest BCUT2D eigenvalue weighted by Gasteiger charge is -2.27. The van der Waals surface area contributed by atoms with Crippen LogP contribution in [0.5, 0.6) is 0 Å². The molecule has 28 heavy (non-hydrogen) atoms. The largest absolute Gasteiger partial charge is 0.323 e. The number of para-hydroxylation sites is 1. The molecule has 142 valence electrons. The first-order valence-electron chi connectivity index (χ1n) is 8.96. The van der Waals surface area contributed by atoms with Crippen LogP contribution in [-0.2, 0) is 9.59 Å². The van der Waals surface area contributed by atoms with Gasteiger partial charge in [-0.2, -0.15) is 0 Å². The topological polar surface area (TPSA) is 101 Å². The van der Waals surface area contributed by atoms with Crippen molar-refractivity contribution in [2.45, 2.75) is 31.3 Å². The number of rotatable bonds is 5. The van der Waals surface area contributed by atoms with Gasteiger partial charge in [-0.1, -0.05) is 18.2 Å². The molecule has 2 aromatic carbocycles. The second kappa shape index (κ2) is 6.88. The maximum Gasteiger partial charge on any atom is 0.269 e. The van der Waals surface area contributed by atoms with E-state index in [1.165, 1.54) is 29.2 Å². The molecule has 1 aliphatic carbocycles. The number of hydrogen-bond donors (Lipinski definition) is 0. The predicted octanol–water partition coefficient (Wildman–Crippen LogP) is 2.53. The molecule has 0 aromatic heterocycles. The monoisotopic (exact) mass is 379 g/mol. The lowest BCUT2D eigenvalue weighted by atomic mass is 10.1. The van der Waals surface area contributed by atoms with Crippen LogP contribution in [0.1, 0.15) is 29.6 Å². The van der Waals surface area contributed by atoms with Crippen LogP contribution in [-0.4, -0.2) is 39.6 Å². The molecule has 0 bridgehead atoms. The summed E-state index contributed by atoms with van der Waals surface area (Å²) in [5.74, 6) is -1.15. The van der Waals surface area contributed by atoms with E-state index in [2.05, 4.69) is 0 Å². The summed E-state index contributed by atoms with van der Waals surface area (Å²) >= 11 is 0. The summed E-state index contributed by atoms with van der Waals surface area (Å²) in [7, 11) is 0. The van der Waals surface area contributed by atoms with Crippen molar-refractivity contribution in [3.05, 3.63) is 70.3 Å².